The highest BCUT2D eigenvalue weighted by Crippen LogP contribution is 2.06. The molecule has 0 bridgehead atoms. The van der Waals surface area contributed by atoms with Crippen LogP contribution in [0.2, 0.25) is 0 Å². The van der Waals surface area contributed by atoms with E-state index < -0.39 is 0 Å². The van der Waals surface area contributed by atoms with Gasteiger partial charge in [0.2, 0.25) is 0 Å². The molecule has 2 N–H and O–H groups in total. The number of rotatable bonds is 9. The van der Waals surface area contributed by atoms with Gasteiger partial charge in [0.25, 0.3) is 0 Å². The zero-order valence-electron chi connectivity index (χ0n) is 14.6. The fourth-order valence-electron chi connectivity index (χ4n) is 1.68. The summed E-state index contributed by atoms with van der Waals surface area (Å²) in [4.78, 5) is 4.53. The molecule has 1 rings (SSSR count). The zero-order valence-corrected chi connectivity index (χ0v) is 16.9. The van der Waals surface area contributed by atoms with Crippen molar-refractivity contribution < 1.29 is 9.47 Å². The molecule has 0 aliphatic rings. The van der Waals surface area contributed by atoms with Crippen molar-refractivity contribution in [2.75, 3.05) is 33.4 Å². The SMILES string of the molecule is CCNC(=NCC(C)(C)OC)NCCOCc1ccccc1.I. The minimum Gasteiger partial charge on any atom is -0.377 e. The smallest absolute Gasteiger partial charge is 0.191 e. The van der Waals surface area contributed by atoms with Crippen LogP contribution in [0.15, 0.2) is 35.3 Å². The second-order valence-electron chi connectivity index (χ2n) is 5.62. The summed E-state index contributed by atoms with van der Waals surface area (Å²) < 4.78 is 11.0. The Hall–Kier alpha value is -0.860. The van der Waals surface area contributed by atoms with Crippen molar-refractivity contribution >= 4 is 29.9 Å². The molecule has 132 valence electrons. The van der Waals surface area contributed by atoms with Gasteiger partial charge in [-0.15, -0.1) is 24.0 Å². The lowest BCUT2D eigenvalue weighted by molar-refractivity contribution is 0.0310. The van der Waals surface area contributed by atoms with Crippen LogP contribution >= 0.6 is 24.0 Å². The molecule has 0 saturated heterocycles. The fourth-order valence-corrected chi connectivity index (χ4v) is 1.68. The molecule has 0 saturated carbocycles. The number of hydrogen-bond acceptors (Lipinski definition) is 3. The van der Waals surface area contributed by atoms with Crippen LogP contribution in [0.25, 0.3) is 0 Å². The normalized spacial score (nSPS) is 11.7. The molecule has 0 fully saturated rings. The third-order valence-corrected chi connectivity index (χ3v) is 3.17. The Morgan fingerprint density at radius 1 is 1.17 bits per heavy atom. The summed E-state index contributed by atoms with van der Waals surface area (Å²) in [7, 11) is 1.70. The molecule has 0 amide bonds. The van der Waals surface area contributed by atoms with Crippen molar-refractivity contribution in [2.45, 2.75) is 33.0 Å². The van der Waals surface area contributed by atoms with Gasteiger partial charge in [-0.05, 0) is 26.3 Å². The largest absolute Gasteiger partial charge is 0.377 e. The number of halogens is 1. The highest BCUT2D eigenvalue weighted by Gasteiger charge is 2.15. The highest BCUT2D eigenvalue weighted by molar-refractivity contribution is 14.0. The zero-order chi connectivity index (χ0) is 16.3. The van der Waals surface area contributed by atoms with Gasteiger partial charge in [-0.3, -0.25) is 4.99 Å². The Bertz CT molecular complexity index is 439. The van der Waals surface area contributed by atoms with Gasteiger partial charge in [0, 0.05) is 20.2 Å². The lowest BCUT2D eigenvalue weighted by Gasteiger charge is -2.21. The summed E-state index contributed by atoms with van der Waals surface area (Å²) in [5.74, 6) is 0.788. The van der Waals surface area contributed by atoms with Crippen LogP contribution in [0.5, 0.6) is 0 Å². The van der Waals surface area contributed by atoms with Crippen molar-refractivity contribution in [3.8, 4) is 0 Å². The minimum absolute atomic E-state index is 0. The van der Waals surface area contributed by atoms with E-state index in [1.807, 2.05) is 39.0 Å². The molecule has 0 aromatic heterocycles. The number of ether oxygens (including phenoxy) is 2. The highest BCUT2D eigenvalue weighted by atomic mass is 127. The number of hydrogen-bond donors (Lipinski definition) is 2. The molecular formula is C17H30IN3O2. The first-order valence-corrected chi connectivity index (χ1v) is 7.76. The van der Waals surface area contributed by atoms with E-state index in [0.717, 1.165) is 12.5 Å². The average molecular weight is 435 g/mol. The quantitative estimate of drug-likeness (QED) is 0.271. The van der Waals surface area contributed by atoms with E-state index in [1.54, 1.807) is 7.11 Å². The van der Waals surface area contributed by atoms with Crippen molar-refractivity contribution in [1.29, 1.82) is 0 Å². The van der Waals surface area contributed by atoms with Crippen LogP contribution in [0, 0.1) is 0 Å². The van der Waals surface area contributed by atoms with Crippen LogP contribution in [-0.2, 0) is 16.1 Å². The Morgan fingerprint density at radius 3 is 2.48 bits per heavy atom. The average Bonchev–Trinajstić information content (AvgIpc) is 2.53. The molecule has 0 atom stereocenters. The van der Waals surface area contributed by atoms with Crippen LogP contribution in [0.4, 0.5) is 0 Å². The maximum absolute atomic E-state index is 5.64. The summed E-state index contributed by atoms with van der Waals surface area (Å²) in [6, 6.07) is 10.2. The van der Waals surface area contributed by atoms with Gasteiger partial charge in [-0.2, -0.15) is 0 Å². The van der Waals surface area contributed by atoms with Gasteiger partial charge in [0.05, 0.1) is 25.4 Å². The number of nitrogens with one attached hydrogen (secondary N) is 2. The van der Waals surface area contributed by atoms with Crippen LogP contribution in [0.1, 0.15) is 26.3 Å². The lowest BCUT2D eigenvalue weighted by Crippen LogP contribution is -2.40. The van der Waals surface area contributed by atoms with E-state index in [2.05, 4.69) is 27.8 Å². The van der Waals surface area contributed by atoms with Crippen LogP contribution < -0.4 is 10.6 Å². The number of guanidine groups is 1. The first-order chi connectivity index (χ1) is 10.6. The number of nitrogens with zero attached hydrogens (tertiary/aromatic N) is 1. The minimum atomic E-state index is -0.258. The molecule has 0 spiro atoms. The molecule has 0 unspecified atom stereocenters. The van der Waals surface area contributed by atoms with E-state index in [9.17, 15) is 0 Å². The predicted octanol–water partition coefficient (Wildman–Crippen LogP) is 2.80. The molecule has 5 nitrogen and oxygen atoms in total. The van der Waals surface area contributed by atoms with Crippen LogP contribution in [-0.4, -0.2) is 44.9 Å². The Balaban J connectivity index is 0.00000484. The van der Waals surface area contributed by atoms with Gasteiger partial charge in [0.15, 0.2) is 5.96 Å². The first-order valence-electron chi connectivity index (χ1n) is 7.76. The van der Waals surface area contributed by atoms with E-state index in [4.69, 9.17) is 9.47 Å². The third-order valence-electron chi connectivity index (χ3n) is 3.17. The Kier molecular flexibility index (Phi) is 12.1. The molecule has 23 heavy (non-hydrogen) atoms. The van der Waals surface area contributed by atoms with E-state index >= 15 is 0 Å². The number of methoxy groups -OCH3 is 1. The van der Waals surface area contributed by atoms with E-state index in [-0.39, 0.29) is 29.6 Å². The summed E-state index contributed by atoms with van der Waals surface area (Å²) in [5, 5.41) is 6.48. The Morgan fingerprint density at radius 2 is 1.87 bits per heavy atom. The topological polar surface area (TPSA) is 54.9 Å². The number of aliphatic imine (C=N–C) groups is 1. The van der Waals surface area contributed by atoms with E-state index in [1.165, 1.54) is 5.56 Å². The maximum atomic E-state index is 5.64. The summed E-state index contributed by atoms with van der Waals surface area (Å²) in [5.41, 5.74) is 0.927. The number of benzene rings is 1. The monoisotopic (exact) mass is 435 g/mol. The maximum Gasteiger partial charge on any atom is 0.191 e. The van der Waals surface area contributed by atoms with Crippen molar-refractivity contribution in [3.63, 3.8) is 0 Å². The standard InChI is InChI=1S/C17H29N3O2.HI/c1-5-18-16(20-14-17(2,3)21-4)19-11-12-22-13-15-9-7-6-8-10-15;/h6-10H,5,11-14H2,1-4H3,(H2,18,19,20);1H. The molecule has 6 heteroatoms. The van der Waals surface area contributed by atoms with Gasteiger partial charge in [-0.1, -0.05) is 30.3 Å². The van der Waals surface area contributed by atoms with Gasteiger partial charge in [-0.25, -0.2) is 0 Å². The molecular weight excluding hydrogens is 405 g/mol. The molecule has 1 aromatic carbocycles. The fraction of sp³-hybridized carbons (Fsp3) is 0.588. The second-order valence-corrected chi connectivity index (χ2v) is 5.62. The summed E-state index contributed by atoms with van der Waals surface area (Å²) >= 11 is 0. The Labute approximate surface area is 157 Å². The van der Waals surface area contributed by atoms with Gasteiger partial charge in [0.1, 0.15) is 0 Å². The summed E-state index contributed by atoms with van der Waals surface area (Å²) in [6.45, 7) is 9.48. The first kappa shape index (κ1) is 22.1. The lowest BCUT2D eigenvalue weighted by atomic mass is 10.1. The van der Waals surface area contributed by atoms with Crippen LogP contribution in [0.3, 0.4) is 0 Å². The molecule has 0 aliphatic heterocycles. The molecule has 0 radical (unpaired) electrons. The molecule has 0 aliphatic carbocycles. The van der Waals surface area contributed by atoms with Gasteiger partial charge < -0.3 is 20.1 Å². The van der Waals surface area contributed by atoms with Crippen molar-refractivity contribution in [3.05, 3.63) is 35.9 Å². The van der Waals surface area contributed by atoms with Gasteiger partial charge >= 0.3 is 0 Å². The van der Waals surface area contributed by atoms with Crippen molar-refractivity contribution in [2.24, 2.45) is 4.99 Å². The summed E-state index contributed by atoms with van der Waals surface area (Å²) in [6.07, 6.45) is 0. The molecule has 1 aromatic rings. The third kappa shape index (κ3) is 10.5. The second kappa shape index (κ2) is 12.5. The van der Waals surface area contributed by atoms with E-state index in [0.29, 0.717) is 26.3 Å². The predicted molar refractivity (Wildman–Crippen MR) is 107 cm³/mol. The molecule has 0 heterocycles. The van der Waals surface area contributed by atoms with Crippen molar-refractivity contribution in [1.82, 2.24) is 10.6 Å².